The van der Waals surface area contributed by atoms with Gasteiger partial charge in [0, 0.05) is 25.2 Å². The molecule has 0 bridgehead atoms. The standard InChI is InChI=1S/C25H27BClN5O10/c1-11-10-31(8-7-28)22(36)23(37)32(11)25(40)30-18(13-5-6-15(33)19(34)17(13)27)21(35)29-16-9-12-3-2-4-14(24(38)39)20(12)42-26(16)41/h2-6,11,16,18,33-34,41H,7-10,28H2,1H3,(H,29,35)(H,30,40)(H,38,39)/t11-,16-,18?/m0/s1. The third-order valence-electron chi connectivity index (χ3n) is 6.88. The van der Waals surface area contributed by atoms with Gasteiger partial charge in [-0.15, -0.1) is 0 Å². The maximum atomic E-state index is 13.6. The summed E-state index contributed by atoms with van der Waals surface area (Å²) >= 11 is 6.20. The average Bonchev–Trinajstić information content (AvgIpc) is 2.93. The molecule has 0 radical (unpaired) electrons. The SMILES string of the molecule is C[C@H]1CN(CCN)C(=O)C(=O)N1C(=O)NC(C(=O)N[C@H]1Cc2cccc(C(=O)O)c2OB1O)c1ccc(O)c(O)c1Cl. The first-order valence-electron chi connectivity index (χ1n) is 12.7. The number of imide groups is 1. The first kappa shape index (κ1) is 30.4. The molecule has 4 rings (SSSR count). The van der Waals surface area contributed by atoms with Crippen LogP contribution in [0.4, 0.5) is 4.79 Å². The molecule has 2 aromatic rings. The van der Waals surface area contributed by atoms with Gasteiger partial charge in [-0.25, -0.2) is 9.59 Å². The van der Waals surface area contributed by atoms with Crippen LogP contribution in [0, 0.1) is 0 Å². The summed E-state index contributed by atoms with van der Waals surface area (Å²) in [4.78, 5) is 65.7. The van der Waals surface area contributed by atoms with Gasteiger partial charge in [0.25, 0.3) is 0 Å². The maximum absolute atomic E-state index is 13.6. The molecule has 1 unspecified atom stereocenters. The normalized spacial score (nSPS) is 19.1. The van der Waals surface area contributed by atoms with E-state index in [2.05, 4.69) is 10.6 Å². The Kier molecular flexibility index (Phi) is 8.79. The lowest BCUT2D eigenvalue weighted by molar-refractivity contribution is -0.155. The minimum absolute atomic E-state index is 0.00381. The molecular formula is C25H27BClN5O10. The molecule has 0 aliphatic carbocycles. The van der Waals surface area contributed by atoms with Crippen molar-refractivity contribution in [2.45, 2.75) is 31.4 Å². The van der Waals surface area contributed by atoms with E-state index in [0.717, 1.165) is 12.1 Å². The second-order valence-electron chi connectivity index (χ2n) is 9.71. The van der Waals surface area contributed by atoms with E-state index in [1.165, 1.54) is 24.0 Å². The molecule has 0 saturated carbocycles. The Balaban J connectivity index is 1.62. The molecule has 2 heterocycles. The van der Waals surface area contributed by atoms with Crippen LogP contribution in [0.3, 0.4) is 0 Å². The van der Waals surface area contributed by atoms with Crippen molar-refractivity contribution in [3.05, 3.63) is 52.0 Å². The highest BCUT2D eigenvalue weighted by molar-refractivity contribution is 6.47. The summed E-state index contributed by atoms with van der Waals surface area (Å²) in [5.41, 5.74) is 5.49. The fourth-order valence-corrected chi connectivity index (χ4v) is 5.08. The number of rotatable bonds is 7. The van der Waals surface area contributed by atoms with E-state index in [-0.39, 0.29) is 42.9 Å². The Labute approximate surface area is 243 Å². The molecule has 0 aromatic heterocycles. The highest BCUT2D eigenvalue weighted by Crippen LogP contribution is 2.38. The maximum Gasteiger partial charge on any atom is 0.547 e. The number of aromatic hydroxyl groups is 2. The van der Waals surface area contributed by atoms with Crippen molar-refractivity contribution in [3.8, 4) is 17.2 Å². The zero-order valence-corrected chi connectivity index (χ0v) is 22.9. The number of carbonyl (C=O) groups is 5. The molecule has 0 spiro atoms. The first-order valence-corrected chi connectivity index (χ1v) is 13.1. The van der Waals surface area contributed by atoms with Gasteiger partial charge in [0.15, 0.2) is 11.5 Å². The molecule has 15 nitrogen and oxygen atoms in total. The molecular weight excluding hydrogens is 577 g/mol. The van der Waals surface area contributed by atoms with Crippen molar-refractivity contribution in [1.29, 1.82) is 0 Å². The topological polar surface area (TPSA) is 232 Å². The number of nitrogens with zero attached hydrogens (tertiary/aromatic N) is 2. The number of halogens is 1. The van der Waals surface area contributed by atoms with Crippen molar-refractivity contribution in [2.75, 3.05) is 19.6 Å². The summed E-state index contributed by atoms with van der Waals surface area (Å²) in [6.07, 6.45) is -0.0638. The number of urea groups is 1. The van der Waals surface area contributed by atoms with E-state index in [4.69, 9.17) is 22.0 Å². The second kappa shape index (κ2) is 12.1. The molecule has 17 heteroatoms. The van der Waals surface area contributed by atoms with Crippen molar-refractivity contribution >= 4 is 48.4 Å². The minimum Gasteiger partial charge on any atom is -0.534 e. The number of phenolic OH excluding ortho intramolecular Hbond substituents is 2. The predicted octanol–water partition coefficient (Wildman–Crippen LogP) is -0.642. The molecule has 2 aliphatic heterocycles. The number of nitrogens with two attached hydrogens (primary N) is 1. The summed E-state index contributed by atoms with van der Waals surface area (Å²) in [6, 6.07) is 2.84. The number of benzene rings is 2. The molecule has 42 heavy (non-hydrogen) atoms. The highest BCUT2D eigenvalue weighted by atomic mass is 35.5. The summed E-state index contributed by atoms with van der Waals surface area (Å²) in [7, 11) is -1.70. The number of carboxylic acid groups (broad SMARTS) is 1. The number of phenols is 2. The van der Waals surface area contributed by atoms with E-state index in [1.54, 1.807) is 6.07 Å². The van der Waals surface area contributed by atoms with Crippen molar-refractivity contribution < 1.29 is 49.0 Å². The second-order valence-corrected chi connectivity index (χ2v) is 10.1. The monoisotopic (exact) mass is 603 g/mol. The number of carboxylic acids is 1. The zero-order valence-electron chi connectivity index (χ0n) is 22.1. The van der Waals surface area contributed by atoms with E-state index < -0.39 is 71.4 Å². The zero-order chi connectivity index (χ0) is 30.9. The molecule has 2 aliphatic rings. The van der Waals surface area contributed by atoms with Crippen LogP contribution in [0.5, 0.6) is 17.2 Å². The van der Waals surface area contributed by atoms with Gasteiger partial charge in [-0.2, -0.15) is 0 Å². The Morgan fingerprint density at radius 1 is 1.19 bits per heavy atom. The number of hydrogen-bond acceptors (Lipinski definition) is 10. The Bertz CT molecular complexity index is 1460. The number of fused-ring (bicyclic) bond motifs is 1. The van der Waals surface area contributed by atoms with Crippen LogP contribution in [-0.2, 0) is 20.8 Å². The summed E-state index contributed by atoms with van der Waals surface area (Å²) in [5.74, 6) is -6.97. The molecule has 2 aromatic carbocycles. The van der Waals surface area contributed by atoms with Crippen molar-refractivity contribution in [1.82, 2.24) is 20.4 Å². The van der Waals surface area contributed by atoms with Gasteiger partial charge in [-0.05, 0) is 31.0 Å². The third kappa shape index (κ3) is 5.77. The summed E-state index contributed by atoms with van der Waals surface area (Å²) in [6.45, 7) is 1.71. The minimum atomic E-state index is -1.72. The van der Waals surface area contributed by atoms with Crippen LogP contribution in [0.1, 0.15) is 34.5 Å². The highest BCUT2D eigenvalue weighted by Gasteiger charge is 2.43. The van der Waals surface area contributed by atoms with Gasteiger partial charge in [0.05, 0.1) is 22.6 Å². The average molecular weight is 604 g/mol. The summed E-state index contributed by atoms with van der Waals surface area (Å²) in [5, 5.41) is 44.4. The van der Waals surface area contributed by atoms with Gasteiger partial charge in [0.1, 0.15) is 11.8 Å². The van der Waals surface area contributed by atoms with Gasteiger partial charge >= 0.3 is 30.9 Å². The van der Waals surface area contributed by atoms with Gasteiger partial charge in [-0.3, -0.25) is 19.3 Å². The molecule has 5 amide bonds. The third-order valence-corrected chi connectivity index (χ3v) is 7.27. The molecule has 1 fully saturated rings. The van der Waals surface area contributed by atoms with Gasteiger partial charge in [0.2, 0.25) is 5.91 Å². The Hall–Kier alpha value is -4.54. The number of carbonyl (C=O) groups excluding carboxylic acids is 4. The lowest BCUT2D eigenvalue weighted by Crippen LogP contribution is -2.63. The van der Waals surface area contributed by atoms with E-state index >= 15 is 0 Å². The number of nitrogens with one attached hydrogen (secondary N) is 2. The lowest BCUT2D eigenvalue weighted by Gasteiger charge is -2.38. The summed E-state index contributed by atoms with van der Waals surface area (Å²) < 4.78 is 5.40. The number of amides is 5. The molecule has 222 valence electrons. The Morgan fingerprint density at radius 2 is 1.90 bits per heavy atom. The predicted molar refractivity (Wildman–Crippen MR) is 146 cm³/mol. The van der Waals surface area contributed by atoms with Crippen LogP contribution >= 0.6 is 11.6 Å². The van der Waals surface area contributed by atoms with Crippen LogP contribution < -0.4 is 21.0 Å². The number of hydrogen-bond donors (Lipinski definition) is 7. The van der Waals surface area contributed by atoms with Crippen LogP contribution in [-0.4, -0.2) is 98.6 Å². The fourth-order valence-electron chi connectivity index (χ4n) is 4.82. The van der Waals surface area contributed by atoms with Crippen LogP contribution in [0.2, 0.25) is 5.02 Å². The number of piperazine rings is 1. The van der Waals surface area contributed by atoms with Crippen LogP contribution in [0.15, 0.2) is 30.3 Å². The molecule has 8 N–H and O–H groups in total. The Morgan fingerprint density at radius 3 is 2.57 bits per heavy atom. The van der Waals surface area contributed by atoms with Crippen LogP contribution in [0.25, 0.3) is 0 Å². The van der Waals surface area contributed by atoms with Crippen molar-refractivity contribution in [2.24, 2.45) is 5.73 Å². The fraction of sp³-hybridized carbons (Fsp3) is 0.320. The lowest BCUT2D eigenvalue weighted by atomic mass is 9.72. The van der Waals surface area contributed by atoms with Gasteiger partial charge < -0.3 is 46.3 Å². The van der Waals surface area contributed by atoms with E-state index in [1.807, 2.05) is 0 Å². The quantitative estimate of drug-likeness (QED) is 0.119. The molecule has 3 atom stereocenters. The van der Waals surface area contributed by atoms with E-state index in [9.17, 15) is 44.3 Å². The number of para-hydroxylation sites is 1. The smallest absolute Gasteiger partial charge is 0.534 e. The van der Waals surface area contributed by atoms with Gasteiger partial charge in [-0.1, -0.05) is 29.8 Å². The molecule has 1 saturated heterocycles. The largest absolute Gasteiger partial charge is 0.547 e. The number of aromatic carboxylic acids is 1. The first-order chi connectivity index (χ1) is 19.8. The van der Waals surface area contributed by atoms with E-state index in [0.29, 0.717) is 10.5 Å². The van der Waals surface area contributed by atoms with Crippen molar-refractivity contribution in [3.63, 3.8) is 0 Å².